The fourth-order valence-corrected chi connectivity index (χ4v) is 6.52. The minimum atomic E-state index is -0.830. The van der Waals surface area contributed by atoms with Crippen molar-refractivity contribution in [2.24, 2.45) is 0 Å². The molecule has 1 atom stereocenters. The number of esters is 3. The predicted molar refractivity (Wildman–Crippen MR) is 279 cm³/mol. The van der Waals surface area contributed by atoms with Crippen molar-refractivity contribution < 1.29 is 28.6 Å². The maximum Gasteiger partial charge on any atom is 0.306 e. The molecule has 0 aromatic heterocycles. The second kappa shape index (κ2) is 52.4. The molecule has 0 spiro atoms. The number of carbonyl (C=O) groups is 3. The normalized spacial score (nSPS) is 13.1. The van der Waals surface area contributed by atoms with Gasteiger partial charge in [0.15, 0.2) is 6.10 Å². The number of ether oxygens (including phenoxy) is 3. The Hall–Kier alpha value is -4.19. The number of hydrogen-bond acceptors (Lipinski definition) is 6. The van der Waals surface area contributed by atoms with Gasteiger partial charge in [0.2, 0.25) is 0 Å². The zero-order valence-corrected chi connectivity index (χ0v) is 41.7. The quantitative estimate of drug-likeness (QED) is 0.0262. The standard InChI is InChI=1S/C59H94O6/c1-4-7-10-13-16-19-22-25-27-29-31-34-36-39-42-45-48-51-57(60)63-54-56(65-59(62)53-50-47-44-41-38-33-24-21-18-15-12-9-6-3)55-64-58(61)52-49-46-43-40-37-35-32-30-28-26-23-20-17-14-11-8-5-2/h7,10,16-17,19-21,24-28,31-32,34-35,39-40,42-43,56H,4-6,8-9,11-15,18,22-23,29-30,33,36-38,41,44-55H2,1-3H3/b10-7-,19-16-,20-17-,24-21-,27-25-,28-26-,34-31-,35-32-,42-39-,43-40-/t56-/m1/s1. The molecule has 0 rings (SSSR count). The van der Waals surface area contributed by atoms with Crippen LogP contribution < -0.4 is 0 Å². The highest BCUT2D eigenvalue weighted by Gasteiger charge is 2.19. The zero-order valence-electron chi connectivity index (χ0n) is 41.7. The minimum Gasteiger partial charge on any atom is -0.462 e. The smallest absolute Gasteiger partial charge is 0.306 e. The van der Waals surface area contributed by atoms with Gasteiger partial charge in [-0.2, -0.15) is 0 Å². The lowest BCUT2D eigenvalue weighted by molar-refractivity contribution is -0.167. The molecule has 6 heteroatoms. The third kappa shape index (κ3) is 50.7. The van der Waals surface area contributed by atoms with Crippen molar-refractivity contribution in [1.29, 1.82) is 0 Å². The Bertz CT molecular complexity index is 1400. The van der Waals surface area contributed by atoms with Crippen LogP contribution in [-0.2, 0) is 28.6 Å². The summed E-state index contributed by atoms with van der Waals surface area (Å²) >= 11 is 0. The van der Waals surface area contributed by atoms with E-state index in [2.05, 4.69) is 142 Å². The second-order valence-corrected chi connectivity index (χ2v) is 16.7. The summed E-state index contributed by atoms with van der Waals surface area (Å²) in [5, 5.41) is 0. The summed E-state index contributed by atoms with van der Waals surface area (Å²) in [6, 6.07) is 0. The molecule has 0 aromatic rings. The average Bonchev–Trinajstić information content (AvgIpc) is 3.30. The molecule has 65 heavy (non-hydrogen) atoms. The van der Waals surface area contributed by atoms with Crippen molar-refractivity contribution in [3.63, 3.8) is 0 Å². The third-order valence-electron chi connectivity index (χ3n) is 10.4. The van der Waals surface area contributed by atoms with Crippen molar-refractivity contribution in [3.8, 4) is 0 Å². The van der Waals surface area contributed by atoms with Gasteiger partial charge in [0.1, 0.15) is 13.2 Å². The topological polar surface area (TPSA) is 78.9 Å². The molecule has 0 fully saturated rings. The van der Waals surface area contributed by atoms with Crippen LogP contribution in [0, 0.1) is 0 Å². The van der Waals surface area contributed by atoms with E-state index in [0.29, 0.717) is 19.3 Å². The summed E-state index contributed by atoms with van der Waals surface area (Å²) in [5.41, 5.74) is 0. The zero-order chi connectivity index (χ0) is 47.2. The van der Waals surface area contributed by atoms with Gasteiger partial charge in [0.05, 0.1) is 0 Å². The maximum atomic E-state index is 12.8. The summed E-state index contributed by atoms with van der Waals surface area (Å²) in [6.07, 6.45) is 71.9. The molecule has 0 aliphatic heterocycles. The molecule has 0 aromatic carbocycles. The van der Waals surface area contributed by atoms with E-state index in [0.717, 1.165) is 96.3 Å². The first-order valence-electron chi connectivity index (χ1n) is 26.0. The molecule has 0 N–H and O–H groups in total. The van der Waals surface area contributed by atoms with Crippen molar-refractivity contribution >= 4 is 17.9 Å². The van der Waals surface area contributed by atoms with E-state index in [-0.39, 0.29) is 44.0 Å². The van der Waals surface area contributed by atoms with Gasteiger partial charge < -0.3 is 14.2 Å². The second-order valence-electron chi connectivity index (χ2n) is 16.7. The van der Waals surface area contributed by atoms with Crippen LogP contribution in [-0.4, -0.2) is 37.2 Å². The monoisotopic (exact) mass is 899 g/mol. The number of hydrogen-bond donors (Lipinski definition) is 0. The molecule has 0 saturated heterocycles. The largest absolute Gasteiger partial charge is 0.462 e. The Morgan fingerprint density at radius 3 is 1.03 bits per heavy atom. The van der Waals surface area contributed by atoms with Crippen molar-refractivity contribution in [2.75, 3.05) is 13.2 Å². The Kier molecular flexibility index (Phi) is 49.1. The van der Waals surface area contributed by atoms with Gasteiger partial charge in [0.25, 0.3) is 0 Å². The van der Waals surface area contributed by atoms with Gasteiger partial charge in [-0.25, -0.2) is 0 Å². The fraction of sp³-hybridized carbons (Fsp3) is 0.610. The number of rotatable bonds is 45. The minimum absolute atomic E-state index is 0.131. The molecule has 6 nitrogen and oxygen atoms in total. The van der Waals surface area contributed by atoms with E-state index in [1.807, 2.05) is 0 Å². The summed E-state index contributed by atoms with van der Waals surface area (Å²) in [5.74, 6) is -1.06. The van der Waals surface area contributed by atoms with Crippen LogP contribution >= 0.6 is 0 Å². The van der Waals surface area contributed by atoms with Gasteiger partial charge in [-0.15, -0.1) is 0 Å². The van der Waals surface area contributed by atoms with Crippen LogP contribution in [0.25, 0.3) is 0 Å². The molecule has 0 bridgehead atoms. The van der Waals surface area contributed by atoms with E-state index in [4.69, 9.17) is 14.2 Å². The highest BCUT2D eigenvalue weighted by molar-refractivity contribution is 5.71. The molecule has 366 valence electrons. The molecule has 0 aliphatic carbocycles. The van der Waals surface area contributed by atoms with E-state index < -0.39 is 6.10 Å². The van der Waals surface area contributed by atoms with Gasteiger partial charge in [-0.1, -0.05) is 194 Å². The Morgan fingerprint density at radius 1 is 0.323 bits per heavy atom. The first-order chi connectivity index (χ1) is 32.0. The Labute approximate surface area is 399 Å². The number of unbranched alkanes of at least 4 members (excludes halogenated alkanes) is 14. The van der Waals surface area contributed by atoms with Gasteiger partial charge in [0, 0.05) is 19.3 Å². The van der Waals surface area contributed by atoms with Crippen LogP contribution in [0.4, 0.5) is 0 Å². The molecule has 0 radical (unpaired) electrons. The summed E-state index contributed by atoms with van der Waals surface area (Å²) in [4.78, 5) is 38.0. The highest BCUT2D eigenvalue weighted by Crippen LogP contribution is 2.12. The molecular weight excluding hydrogens is 805 g/mol. The van der Waals surface area contributed by atoms with Crippen LogP contribution in [0.3, 0.4) is 0 Å². The molecule has 0 heterocycles. The molecule has 0 aliphatic rings. The summed E-state index contributed by atoms with van der Waals surface area (Å²) in [7, 11) is 0. The fourth-order valence-electron chi connectivity index (χ4n) is 6.52. The molecule has 0 unspecified atom stereocenters. The lowest BCUT2D eigenvalue weighted by Crippen LogP contribution is -2.30. The van der Waals surface area contributed by atoms with E-state index >= 15 is 0 Å². The maximum absolute atomic E-state index is 12.8. The van der Waals surface area contributed by atoms with Crippen LogP contribution in [0.15, 0.2) is 122 Å². The third-order valence-corrected chi connectivity index (χ3v) is 10.4. The van der Waals surface area contributed by atoms with E-state index in [9.17, 15) is 14.4 Å². The van der Waals surface area contributed by atoms with E-state index in [1.54, 1.807) is 0 Å². The SMILES string of the molecule is CC/C=C\C/C=C\C/C=C\C/C=C\C/C=C\CCCC(=O)OC[C@H](COC(=O)CCC/C=C\C/C=C\C/C=C\C/C=C\CCCCC)OC(=O)CCCCCCC/C=C\CCCCCC. The van der Waals surface area contributed by atoms with E-state index in [1.165, 1.54) is 64.2 Å². The summed E-state index contributed by atoms with van der Waals surface area (Å²) < 4.78 is 16.7. The molecule has 0 saturated carbocycles. The first kappa shape index (κ1) is 60.8. The van der Waals surface area contributed by atoms with Crippen molar-refractivity contribution in [2.45, 2.75) is 219 Å². The number of allylic oxidation sites excluding steroid dienone is 20. The van der Waals surface area contributed by atoms with Gasteiger partial charge in [-0.05, 0) is 122 Å². The van der Waals surface area contributed by atoms with Crippen LogP contribution in [0.5, 0.6) is 0 Å². The highest BCUT2D eigenvalue weighted by atomic mass is 16.6. The first-order valence-corrected chi connectivity index (χ1v) is 26.0. The van der Waals surface area contributed by atoms with Crippen LogP contribution in [0.1, 0.15) is 213 Å². The predicted octanol–water partition coefficient (Wildman–Crippen LogP) is 17.3. The van der Waals surface area contributed by atoms with Crippen molar-refractivity contribution in [3.05, 3.63) is 122 Å². The van der Waals surface area contributed by atoms with Gasteiger partial charge in [-0.3, -0.25) is 14.4 Å². The molecule has 0 amide bonds. The van der Waals surface area contributed by atoms with Gasteiger partial charge >= 0.3 is 17.9 Å². The Balaban J connectivity index is 4.59. The van der Waals surface area contributed by atoms with Crippen molar-refractivity contribution in [1.82, 2.24) is 0 Å². The lowest BCUT2D eigenvalue weighted by Gasteiger charge is -2.18. The lowest BCUT2D eigenvalue weighted by atomic mass is 10.1. The Morgan fingerprint density at radius 2 is 0.615 bits per heavy atom. The molecular formula is C59H94O6. The number of carbonyl (C=O) groups excluding carboxylic acids is 3. The summed E-state index contributed by atoms with van der Waals surface area (Å²) in [6.45, 7) is 6.36. The average molecular weight is 899 g/mol. The van der Waals surface area contributed by atoms with Crippen LogP contribution in [0.2, 0.25) is 0 Å².